The second-order valence-corrected chi connectivity index (χ2v) is 9.12. The average molecular weight is 486 g/mol. The molecule has 3 heterocycles. The van der Waals surface area contributed by atoms with Gasteiger partial charge in [-0.2, -0.15) is 4.37 Å². The molecular weight excluding hydrogens is 458 g/mol. The molecule has 1 atom stereocenters. The van der Waals surface area contributed by atoms with Gasteiger partial charge in [0.05, 0.1) is 18.5 Å². The Bertz CT molecular complexity index is 1160. The van der Waals surface area contributed by atoms with Crippen LogP contribution in [0, 0.1) is 6.92 Å². The van der Waals surface area contributed by atoms with Crippen LogP contribution in [0.4, 0.5) is 5.69 Å². The summed E-state index contributed by atoms with van der Waals surface area (Å²) in [5, 5.41) is 3.09. The van der Waals surface area contributed by atoms with Crippen molar-refractivity contribution in [2.75, 3.05) is 5.73 Å². The molecule has 0 unspecified atom stereocenters. The summed E-state index contributed by atoms with van der Waals surface area (Å²) in [6.07, 6.45) is 6.47. The van der Waals surface area contributed by atoms with E-state index in [2.05, 4.69) is 9.69 Å². The van der Waals surface area contributed by atoms with Gasteiger partial charge in [-0.1, -0.05) is 19.3 Å². The monoisotopic (exact) mass is 485 g/mol. The Hall–Kier alpha value is -3.60. The molecule has 180 valence electrons. The number of nitrogens with zero attached hydrogens (tertiary/aromatic N) is 2. The number of rotatable bonds is 8. The van der Waals surface area contributed by atoms with E-state index in [1.165, 1.54) is 11.2 Å². The van der Waals surface area contributed by atoms with E-state index in [1.54, 1.807) is 31.2 Å². The topological polar surface area (TPSA) is 158 Å². The molecule has 11 heteroatoms. The maximum Gasteiger partial charge on any atom is 0.270 e. The summed E-state index contributed by atoms with van der Waals surface area (Å²) in [4.78, 5) is 40.3. The molecule has 1 aliphatic carbocycles. The predicted octanol–water partition coefficient (Wildman–Crippen LogP) is 3.15. The van der Waals surface area contributed by atoms with E-state index >= 15 is 0 Å². The van der Waals surface area contributed by atoms with Gasteiger partial charge in [-0.25, -0.2) is 0 Å². The number of amides is 3. The Morgan fingerprint density at radius 3 is 2.59 bits per heavy atom. The van der Waals surface area contributed by atoms with Gasteiger partial charge in [0, 0.05) is 6.04 Å². The van der Waals surface area contributed by atoms with E-state index in [9.17, 15) is 14.4 Å². The van der Waals surface area contributed by atoms with E-state index in [4.69, 9.17) is 20.3 Å². The maximum absolute atomic E-state index is 13.7. The van der Waals surface area contributed by atoms with E-state index in [-0.39, 0.29) is 34.8 Å². The van der Waals surface area contributed by atoms with Crippen molar-refractivity contribution in [3.8, 4) is 0 Å². The van der Waals surface area contributed by atoms with Crippen LogP contribution in [0.5, 0.6) is 0 Å². The van der Waals surface area contributed by atoms with Crippen LogP contribution >= 0.6 is 11.5 Å². The third kappa shape index (κ3) is 4.98. The van der Waals surface area contributed by atoms with Crippen molar-refractivity contribution in [1.29, 1.82) is 0 Å². The molecule has 0 aromatic carbocycles. The molecule has 0 spiro atoms. The Labute approximate surface area is 200 Å². The Kier molecular flexibility index (Phi) is 7.01. The molecule has 0 saturated heterocycles. The average Bonchev–Trinajstić information content (AvgIpc) is 3.55. The molecule has 10 nitrogen and oxygen atoms in total. The van der Waals surface area contributed by atoms with Gasteiger partial charge in [0.25, 0.3) is 17.7 Å². The predicted molar refractivity (Wildman–Crippen MR) is 125 cm³/mol. The van der Waals surface area contributed by atoms with Gasteiger partial charge in [-0.15, -0.1) is 0 Å². The van der Waals surface area contributed by atoms with Crippen molar-refractivity contribution in [3.63, 3.8) is 0 Å². The van der Waals surface area contributed by atoms with E-state index in [0.717, 1.165) is 43.6 Å². The Balaban J connectivity index is 1.73. The summed E-state index contributed by atoms with van der Waals surface area (Å²) in [5.74, 6) is -0.409. The molecule has 1 aliphatic rings. The summed E-state index contributed by atoms with van der Waals surface area (Å²) in [6.45, 7) is 1.73. The molecule has 3 aromatic rings. The molecule has 0 bridgehead atoms. The lowest BCUT2D eigenvalue weighted by molar-refractivity contribution is -0.127. The SMILES string of the molecule is Cc1ccc([C@H](C(=O)NC2CCCCC2)N(Cc2ccco2)C(=O)c2snc(C(N)=O)c2N)o1. The molecule has 3 amide bonds. The van der Waals surface area contributed by atoms with E-state index < -0.39 is 17.9 Å². The Morgan fingerprint density at radius 2 is 2.00 bits per heavy atom. The largest absolute Gasteiger partial charge is 0.467 e. The van der Waals surface area contributed by atoms with Gasteiger partial charge < -0.3 is 30.5 Å². The molecule has 0 radical (unpaired) electrons. The summed E-state index contributed by atoms with van der Waals surface area (Å²) in [7, 11) is 0. The quantitative estimate of drug-likeness (QED) is 0.442. The highest BCUT2D eigenvalue weighted by Crippen LogP contribution is 2.31. The Morgan fingerprint density at radius 1 is 1.24 bits per heavy atom. The highest BCUT2D eigenvalue weighted by atomic mass is 32.1. The smallest absolute Gasteiger partial charge is 0.270 e. The van der Waals surface area contributed by atoms with Gasteiger partial charge in [0.2, 0.25) is 0 Å². The first-order valence-corrected chi connectivity index (χ1v) is 11.9. The van der Waals surface area contributed by atoms with Crippen molar-refractivity contribution >= 4 is 34.9 Å². The zero-order valence-corrected chi connectivity index (χ0v) is 19.6. The van der Waals surface area contributed by atoms with E-state index in [1.807, 2.05) is 0 Å². The minimum atomic E-state index is -1.09. The molecule has 0 aliphatic heterocycles. The standard InChI is InChI=1S/C23H27N5O5S/c1-13-9-10-16(33-13)19(22(30)26-14-6-3-2-4-7-14)28(12-15-8-5-11-32-15)23(31)20-17(24)18(21(25)29)27-34-20/h5,8-11,14,19H,2-4,6-7,12,24H2,1H3,(H2,25,29)(H,26,30)/t19-/m1/s1. The summed E-state index contributed by atoms with van der Waals surface area (Å²) < 4.78 is 15.2. The zero-order chi connectivity index (χ0) is 24.2. The maximum atomic E-state index is 13.7. The fraction of sp³-hybridized carbons (Fsp3) is 0.391. The number of carbonyl (C=O) groups is 3. The van der Waals surface area contributed by atoms with Crippen molar-refractivity contribution in [3.05, 3.63) is 58.4 Å². The van der Waals surface area contributed by atoms with Crippen molar-refractivity contribution < 1.29 is 23.2 Å². The number of primary amides is 1. The number of aryl methyl sites for hydroxylation is 1. The second-order valence-electron chi connectivity index (χ2n) is 8.35. The second kappa shape index (κ2) is 10.1. The normalized spacial score (nSPS) is 15.1. The van der Waals surface area contributed by atoms with Crippen LogP contribution in [-0.4, -0.2) is 33.0 Å². The summed E-state index contributed by atoms with van der Waals surface area (Å²) in [6, 6.07) is 5.74. The fourth-order valence-corrected chi connectivity index (χ4v) is 4.92. The van der Waals surface area contributed by atoms with Gasteiger partial charge in [0.15, 0.2) is 11.7 Å². The molecule has 4 rings (SSSR count). The number of aromatic nitrogens is 1. The lowest BCUT2D eigenvalue weighted by Crippen LogP contribution is -2.46. The number of anilines is 1. The number of furan rings is 2. The van der Waals surface area contributed by atoms with Crippen molar-refractivity contribution in [2.24, 2.45) is 5.73 Å². The molecular formula is C23H27N5O5S. The van der Waals surface area contributed by atoms with Crippen LogP contribution < -0.4 is 16.8 Å². The van der Waals surface area contributed by atoms with Crippen molar-refractivity contribution in [2.45, 2.75) is 57.7 Å². The first-order chi connectivity index (χ1) is 16.3. The minimum absolute atomic E-state index is 0.0131. The number of hydrogen-bond acceptors (Lipinski definition) is 8. The van der Waals surface area contributed by atoms with Gasteiger partial charge in [0.1, 0.15) is 22.2 Å². The molecule has 5 N–H and O–H groups in total. The number of nitrogens with two attached hydrogens (primary N) is 2. The lowest BCUT2D eigenvalue weighted by Gasteiger charge is -2.31. The van der Waals surface area contributed by atoms with Gasteiger partial charge >= 0.3 is 0 Å². The third-order valence-electron chi connectivity index (χ3n) is 5.86. The molecule has 3 aromatic heterocycles. The highest BCUT2D eigenvalue weighted by Gasteiger charge is 2.38. The van der Waals surface area contributed by atoms with Crippen LogP contribution in [0.25, 0.3) is 0 Å². The van der Waals surface area contributed by atoms with Crippen LogP contribution in [0.3, 0.4) is 0 Å². The molecule has 1 fully saturated rings. The fourth-order valence-electron chi connectivity index (χ4n) is 4.16. The first-order valence-electron chi connectivity index (χ1n) is 11.1. The summed E-state index contributed by atoms with van der Waals surface area (Å²) in [5.41, 5.74) is 11.1. The highest BCUT2D eigenvalue weighted by molar-refractivity contribution is 7.09. The van der Waals surface area contributed by atoms with Crippen LogP contribution in [0.15, 0.2) is 39.4 Å². The number of hydrogen-bond donors (Lipinski definition) is 3. The number of nitrogen functional groups attached to an aromatic ring is 1. The number of carbonyl (C=O) groups excluding carboxylic acids is 3. The van der Waals surface area contributed by atoms with Gasteiger partial charge in [-0.3, -0.25) is 14.4 Å². The molecule has 1 saturated carbocycles. The summed E-state index contributed by atoms with van der Waals surface area (Å²) >= 11 is 0.759. The van der Waals surface area contributed by atoms with Crippen molar-refractivity contribution in [1.82, 2.24) is 14.6 Å². The van der Waals surface area contributed by atoms with Gasteiger partial charge in [-0.05, 0) is 55.6 Å². The minimum Gasteiger partial charge on any atom is -0.467 e. The van der Waals surface area contributed by atoms with E-state index in [0.29, 0.717) is 17.3 Å². The number of nitrogens with one attached hydrogen (secondary N) is 1. The first kappa shape index (κ1) is 23.6. The zero-order valence-electron chi connectivity index (χ0n) is 18.8. The van der Waals surface area contributed by atoms with Crippen LogP contribution in [0.1, 0.15) is 75.6 Å². The lowest BCUT2D eigenvalue weighted by atomic mass is 9.95. The van der Waals surface area contributed by atoms with Crippen LogP contribution in [0.2, 0.25) is 0 Å². The third-order valence-corrected chi connectivity index (χ3v) is 6.72. The van der Waals surface area contributed by atoms with Crippen LogP contribution in [-0.2, 0) is 11.3 Å². The molecule has 34 heavy (non-hydrogen) atoms.